The lowest BCUT2D eigenvalue weighted by Crippen LogP contribution is -2.36. The molecular weight excluding hydrogens is 293 g/mol. The minimum Gasteiger partial charge on any atom is -0.270 e. The largest absolute Gasteiger partial charge is 0.287 e. The molecule has 22 heavy (non-hydrogen) atoms. The highest BCUT2D eigenvalue weighted by atomic mass is 31.2. The number of nitrogens with zero attached hydrogens (tertiary/aromatic N) is 3. The van der Waals surface area contributed by atoms with E-state index in [-0.39, 0.29) is 0 Å². The first-order chi connectivity index (χ1) is 10.8. The van der Waals surface area contributed by atoms with E-state index >= 15 is 0 Å². The van der Waals surface area contributed by atoms with Gasteiger partial charge in [0.1, 0.15) is 0 Å². The minimum atomic E-state index is -2.52. The quantitative estimate of drug-likeness (QED) is 0.796. The SMILES string of the molecule is O=[P@]1(N2CCCCC2)N(Cc2ccccc2)C[C@@H]2CCCN21. The first-order valence-corrected chi connectivity index (χ1v) is 10.3. The predicted octanol–water partition coefficient (Wildman–Crippen LogP) is 3.56. The van der Waals surface area contributed by atoms with E-state index in [1.807, 2.05) is 0 Å². The van der Waals surface area contributed by atoms with Crippen LogP contribution in [0, 0.1) is 0 Å². The number of rotatable bonds is 3. The first-order valence-electron chi connectivity index (χ1n) is 8.70. The van der Waals surface area contributed by atoms with Gasteiger partial charge in [0.05, 0.1) is 0 Å². The standard InChI is InChI=1S/C17H26N3OP/c21-22(18-11-5-2-6-12-18)19(14-16-8-3-1-4-9-16)15-17-10-7-13-20(17)22/h1,3-4,8-9,17H,2,5-7,10-15H2/t17-,22+/m0/s1. The van der Waals surface area contributed by atoms with Crippen LogP contribution < -0.4 is 0 Å². The van der Waals surface area contributed by atoms with Crippen molar-refractivity contribution in [1.29, 1.82) is 0 Å². The van der Waals surface area contributed by atoms with Gasteiger partial charge in [-0.05, 0) is 31.2 Å². The normalized spacial score (nSPS) is 34.1. The zero-order valence-electron chi connectivity index (χ0n) is 13.2. The van der Waals surface area contributed by atoms with E-state index in [4.69, 9.17) is 0 Å². The number of piperidine rings is 1. The van der Waals surface area contributed by atoms with Crippen LogP contribution >= 0.6 is 7.59 Å². The molecule has 5 heteroatoms. The highest BCUT2D eigenvalue weighted by Gasteiger charge is 2.53. The monoisotopic (exact) mass is 319 g/mol. The Morgan fingerprint density at radius 3 is 2.55 bits per heavy atom. The molecule has 0 aromatic heterocycles. The summed E-state index contributed by atoms with van der Waals surface area (Å²) in [4.78, 5) is 0. The van der Waals surface area contributed by atoms with Gasteiger partial charge >= 0.3 is 0 Å². The van der Waals surface area contributed by atoms with E-state index in [0.29, 0.717) is 6.04 Å². The maximum atomic E-state index is 14.1. The Labute approximate surface area is 133 Å². The zero-order chi connectivity index (χ0) is 15.0. The van der Waals surface area contributed by atoms with Gasteiger partial charge < -0.3 is 0 Å². The summed E-state index contributed by atoms with van der Waals surface area (Å²) in [6.45, 7) is 4.82. The van der Waals surface area contributed by atoms with Gasteiger partial charge in [-0.1, -0.05) is 36.8 Å². The van der Waals surface area contributed by atoms with Crippen LogP contribution in [-0.2, 0) is 11.1 Å². The number of fused-ring (bicyclic) bond motifs is 1. The average Bonchev–Trinajstić information content (AvgIpc) is 3.13. The van der Waals surface area contributed by atoms with Gasteiger partial charge in [-0.2, -0.15) is 0 Å². The Morgan fingerprint density at radius 1 is 1.00 bits per heavy atom. The maximum absolute atomic E-state index is 14.1. The topological polar surface area (TPSA) is 26.8 Å². The molecule has 120 valence electrons. The lowest BCUT2D eigenvalue weighted by Gasteiger charge is -2.40. The molecular formula is C17H26N3OP. The van der Waals surface area contributed by atoms with Gasteiger partial charge in [0, 0.05) is 38.8 Å². The van der Waals surface area contributed by atoms with E-state index in [9.17, 15) is 4.57 Å². The summed E-state index contributed by atoms with van der Waals surface area (Å²) in [5, 5.41) is 0. The van der Waals surface area contributed by atoms with Crippen LogP contribution in [0.25, 0.3) is 0 Å². The molecule has 3 aliphatic heterocycles. The van der Waals surface area contributed by atoms with Crippen molar-refractivity contribution >= 4 is 7.59 Å². The van der Waals surface area contributed by atoms with Crippen LogP contribution in [0.3, 0.4) is 0 Å². The Bertz CT molecular complexity index is 558. The van der Waals surface area contributed by atoms with Gasteiger partial charge in [0.25, 0.3) is 7.59 Å². The molecule has 0 bridgehead atoms. The second-order valence-electron chi connectivity index (χ2n) is 6.82. The van der Waals surface area contributed by atoms with Crippen molar-refractivity contribution in [3.63, 3.8) is 0 Å². The van der Waals surface area contributed by atoms with Crippen molar-refractivity contribution in [2.45, 2.75) is 44.7 Å². The zero-order valence-corrected chi connectivity index (χ0v) is 14.1. The van der Waals surface area contributed by atoms with Gasteiger partial charge in [-0.3, -0.25) is 4.57 Å². The fourth-order valence-corrected chi connectivity index (χ4v) is 7.87. The molecule has 3 saturated heterocycles. The van der Waals surface area contributed by atoms with Gasteiger partial charge in [-0.25, -0.2) is 14.0 Å². The van der Waals surface area contributed by atoms with Crippen molar-refractivity contribution in [2.24, 2.45) is 0 Å². The highest BCUT2D eigenvalue weighted by Crippen LogP contribution is 2.64. The van der Waals surface area contributed by atoms with Crippen LogP contribution in [0.15, 0.2) is 30.3 Å². The fourth-order valence-electron chi connectivity index (χ4n) is 4.29. The summed E-state index contributed by atoms with van der Waals surface area (Å²) in [5.74, 6) is 0. The van der Waals surface area contributed by atoms with E-state index in [1.54, 1.807) is 0 Å². The molecule has 0 spiro atoms. The molecule has 3 heterocycles. The molecule has 4 nitrogen and oxygen atoms in total. The van der Waals surface area contributed by atoms with Crippen LogP contribution in [0.5, 0.6) is 0 Å². The van der Waals surface area contributed by atoms with E-state index in [1.165, 1.54) is 37.7 Å². The molecule has 0 N–H and O–H groups in total. The van der Waals surface area contributed by atoms with E-state index in [2.05, 4.69) is 44.3 Å². The third kappa shape index (κ3) is 2.46. The predicted molar refractivity (Wildman–Crippen MR) is 89.6 cm³/mol. The molecule has 0 unspecified atom stereocenters. The van der Waals surface area contributed by atoms with Crippen molar-refractivity contribution in [3.8, 4) is 0 Å². The summed E-state index contributed by atoms with van der Waals surface area (Å²) in [5.41, 5.74) is 1.28. The average molecular weight is 319 g/mol. The highest BCUT2D eigenvalue weighted by molar-refractivity contribution is 7.56. The summed E-state index contributed by atoms with van der Waals surface area (Å²) in [7, 11) is -2.52. The third-order valence-corrected chi connectivity index (χ3v) is 8.75. The maximum Gasteiger partial charge on any atom is 0.287 e. The van der Waals surface area contributed by atoms with Crippen molar-refractivity contribution < 1.29 is 4.57 Å². The smallest absolute Gasteiger partial charge is 0.270 e. The molecule has 1 aromatic carbocycles. The van der Waals surface area contributed by atoms with Crippen molar-refractivity contribution in [3.05, 3.63) is 35.9 Å². The van der Waals surface area contributed by atoms with Gasteiger partial charge in [0.15, 0.2) is 0 Å². The lowest BCUT2D eigenvalue weighted by molar-refractivity contribution is 0.290. The molecule has 3 aliphatic rings. The second-order valence-corrected chi connectivity index (χ2v) is 9.49. The molecule has 0 amide bonds. The molecule has 0 aliphatic carbocycles. The molecule has 0 radical (unpaired) electrons. The Balaban J connectivity index is 1.62. The molecule has 4 rings (SSSR count). The second kappa shape index (κ2) is 6.09. The van der Waals surface area contributed by atoms with E-state index in [0.717, 1.165) is 32.7 Å². The first kappa shape index (κ1) is 14.9. The fraction of sp³-hybridized carbons (Fsp3) is 0.647. The van der Waals surface area contributed by atoms with Crippen LogP contribution in [0.4, 0.5) is 0 Å². The summed E-state index contributed by atoms with van der Waals surface area (Å²) in [6.07, 6.45) is 6.10. The Morgan fingerprint density at radius 2 is 1.77 bits per heavy atom. The summed E-state index contributed by atoms with van der Waals surface area (Å²) in [6, 6.07) is 11.0. The molecule has 2 atom stereocenters. The minimum absolute atomic E-state index is 0.511. The molecule has 1 aromatic rings. The van der Waals surface area contributed by atoms with Gasteiger partial charge in [-0.15, -0.1) is 0 Å². The Kier molecular flexibility index (Phi) is 4.12. The Hall–Kier alpha value is -0.670. The van der Waals surface area contributed by atoms with Crippen LogP contribution in [0.1, 0.15) is 37.7 Å². The summed E-state index contributed by atoms with van der Waals surface area (Å²) >= 11 is 0. The third-order valence-electron chi connectivity index (χ3n) is 5.38. The van der Waals surface area contributed by atoms with E-state index < -0.39 is 7.59 Å². The lowest BCUT2D eigenvalue weighted by atomic mass is 10.2. The number of hydrogen-bond donors (Lipinski definition) is 0. The van der Waals surface area contributed by atoms with Crippen LogP contribution in [0.2, 0.25) is 0 Å². The molecule has 0 saturated carbocycles. The number of benzene rings is 1. The van der Waals surface area contributed by atoms with Gasteiger partial charge in [0.2, 0.25) is 0 Å². The van der Waals surface area contributed by atoms with Crippen LogP contribution in [-0.4, -0.2) is 46.2 Å². The van der Waals surface area contributed by atoms with Crippen molar-refractivity contribution in [2.75, 3.05) is 26.2 Å². The molecule has 3 fully saturated rings. The number of hydrogen-bond acceptors (Lipinski definition) is 1. The van der Waals surface area contributed by atoms with Crippen molar-refractivity contribution in [1.82, 2.24) is 14.0 Å². The summed E-state index contributed by atoms with van der Waals surface area (Å²) < 4.78 is 21.1.